The van der Waals surface area contributed by atoms with Crippen molar-refractivity contribution in [2.45, 2.75) is 6.92 Å². The zero-order valence-corrected chi connectivity index (χ0v) is 10.5. The van der Waals surface area contributed by atoms with Gasteiger partial charge in [-0.15, -0.1) is 0 Å². The lowest BCUT2D eigenvalue weighted by Gasteiger charge is -2.08. The molecule has 0 unspecified atom stereocenters. The molecular weight excluding hydrogens is 238 g/mol. The van der Waals surface area contributed by atoms with Crippen molar-refractivity contribution in [2.75, 3.05) is 12.3 Å². The van der Waals surface area contributed by atoms with Crippen LogP contribution < -0.4 is 17.0 Å². The zero-order valence-electron chi connectivity index (χ0n) is 10.5. The van der Waals surface area contributed by atoms with Crippen molar-refractivity contribution in [3.05, 3.63) is 32.5 Å². The van der Waals surface area contributed by atoms with E-state index in [2.05, 4.69) is 4.74 Å². The van der Waals surface area contributed by atoms with Crippen LogP contribution in [0.3, 0.4) is 0 Å². The predicted octanol–water partition coefficient (Wildman–Crippen LogP) is -0.757. The van der Waals surface area contributed by atoms with E-state index in [1.165, 1.54) is 20.2 Å². The van der Waals surface area contributed by atoms with E-state index in [4.69, 9.17) is 5.73 Å². The van der Waals surface area contributed by atoms with E-state index in [1.54, 1.807) is 6.92 Å². The lowest BCUT2D eigenvalue weighted by molar-refractivity contribution is -0.137. The molecule has 0 atom stereocenters. The number of nitrogens with zero attached hydrogens (tertiary/aromatic N) is 2. The molecule has 98 valence electrons. The van der Waals surface area contributed by atoms with Gasteiger partial charge in [0.15, 0.2) is 0 Å². The Morgan fingerprint density at radius 1 is 1.33 bits per heavy atom. The molecule has 2 N–H and O–H groups in total. The highest BCUT2D eigenvalue weighted by Crippen LogP contribution is 2.04. The topological polar surface area (TPSA) is 96.3 Å². The third-order valence-corrected chi connectivity index (χ3v) is 2.42. The second-order valence-corrected chi connectivity index (χ2v) is 3.59. The van der Waals surface area contributed by atoms with Crippen molar-refractivity contribution in [3.8, 4) is 0 Å². The first-order valence-corrected chi connectivity index (χ1v) is 5.30. The number of anilines is 1. The molecule has 0 radical (unpaired) electrons. The standard InChI is InChI=1S/C11H15N3O4/c1-4-18-8(15)6-5-7-9(12)13(2)11(17)14(3)10(7)16/h5-6H,4,12H2,1-3H3/b6-5+. The van der Waals surface area contributed by atoms with Crippen LogP contribution in [0.5, 0.6) is 0 Å². The smallest absolute Gasteiger partial charge is 0.332 e. The molecule has 0 aliphatic heterocycles. The monoisotopic (exact) mass is 253 g/mol. The molecule has 0 amide bonds. The highest BCUT2D eigenvalue weighted by atomic mass is 16.5. The quantitative estimate of drug-likeness (QED) is 0.564. The molecular formula is C11H15N3O4. The Morgan fingerprint density at radius 3 is 2.50 bits per heavy atom. The average Bonchev–Trinajstić information content (AvgIpc) is 2.34. The van der Waals surface area contributed by atoms with Gasteiger partial charge in [-0.25, -0.2) is 9.59 Å². The van der Waals surface area contributed by atoms with Gasteiger partial charge < -0.3 is 10.5 Å². The lowest BCUT2D eigenvalue weighted by Crippen LogP contribution is -2.39. The van der Waals surface area contributed by atoms with Crippen LogP contribution in [0.1, 0.15) is 12.5 Å². The van der Waals surface area contributed by atoms with Crippen LogP contribution in [0.4, 0.5) is 5.82 Å². The predicted molar refractivity (Wildman–Crippen MR) is 67.0 cm³/mol. The molecule has 0 spiro atoms. The van der Waals surface area contributed by atoms with Gasteiger partial charge in [0.05, 0.1) is 12.2 Å². The van der Waals surface area contributed by atoms with Crippen LogP contribution in [-0.2, 0) is 23.6 Å². The molecule has 1 aromatic heterocycles. The fourth-order valence-corrected chi connectivity index (χ4v) is 1.38. The van der Waals surface area contributed by atoms with Gasteiger partial charge in [-0.1, -0.05) is 0 Å². The fraction of sp³-hybridized carbons (Fsp3) is 0.364. The number of nitrogens with two attached hydrogens (primary N) is 1. The summed E-state index contributed by atoms with van der Waals surface area (Å²) in [5.41, 5.74) is 4.65. The number of carbonyl (C=O) groups excluding carboxylic acids is 1. The fourth-order valence-electron chi connectivity index (χ4n) is 1.38. The van der Waals surface area contributed by atoms with E-state index in [0.29, 0.717) is 0 Å². The molecule has 0 fully saturated rings. The summed E-state index contributed by atoms with van der Waals surface area (Å²) >= 11 is 0. The van der Waals surface area contributed by atoms with Gasteiger partial charge in [-0.2, -0.15) is 0 Å². The minimum atomic E-state index is -0.576. The van der Waals surface area contributed by atoms with Gasteiger partial charge in [0, 0.05) is 20.2 Å². The molecule has 0 saturated carbocycles. The maximum atomic E-state index is 11.8. The minimum Gasteiger partial charge on any atom is -0.463 e. The molecule has 0 aromatic carbocycles. The molecule has 0 saturated heterocycles. The third-order valence-electron chi connectivity index (χ3n) is 2.42. The molecule has 7 nitrogen and oxygen atoms in total. The van der Waals surface area contributed by atoms with Crippen molar-refractivity contribution in [1.82, 2.24) is 9.13 Å². The summed E-state index contributed by atoms with van der Waals surface area (Å²) in [4.78, 5) is 34.5. The van der Waals surface area contributed by atoms with Crippen LogP contribution in [0.2, 0.25) is 0 Å². The Labute approximate surface area is 103 Å². The summed E-state index contributed by atoms with van der Waals surface area (Å²) < 4.78 is 6.73. The van der Waals surface area contributed by atoms with Crippen LogP contribution in [0.15, 0.2) is 15.7 Å². The van der Waals surface area contributed by atoms with Gasteiger partial charge in [-0.05, 0) is 13.0 Å². The first-order valence-electron chi connectivity index (χ1n) is 5.30. The zero-order chi connectivity index (χ0) is 13.9. The van der Waals surface area contributed by atoms with E-state index >= 15 is 0 Å². The van der Waals surface area contributed by atoms with Crippen molar-refractivity contribution >= 4 is 17.9 Å². The lowest BCUT2D eigenvalue weighted by atomic mass is 10.2. The van der Waals surface area contributed by atoms with Crippen LogP contribution >= 0.6 is 0 Å². The number of rotatable bonds is 3. The van der Waals surface area contributed by atoms with Crippen molar-refractivity contribution in [2.24, 2.45) is 14.1 Å². The molecule has 1 aromatic rings. The van der Waals surface area contributed by atoms with Gasteiger partial charge >= 0.3 is 11.7 Å². The Bertz CT molecular complexity index is 610. The molecule has 7 heteroatoms. The van der Waals surface area contributed by atoms with Gasteiger partial charge in [0.2, 0.25) is 0 Å². The first-order chi connectivity index (χ1) is 8.40. The maximum absolute atomic E-state index is 11.8. The van der Waals surface area contributed by atoms with E-state index in [0.717, 1.165) is 15.2 Å². The number of nitrogen functional groups attached to an aromatic ring is 1. The van der Waals surface area contributed by atoms with Crippen molar-refractivity contribution in [3.63, 3.8) is 0 Å². The third kappa shape index (κ3) is 2.50. The Balaban J connectivity index is 3.31. The first kappa shape index (κ1) is 13.8. The normalized spacial score (nSPS) is 10.8. The van der Waals surface area contributed by atoms with Gasteiger partial charge in [-0.3, -0.25) is 13.9 Å². The summed E-state index contributed by atoms with van der Waals surface area (Å²) in [6.45, 7) is 1.91. The Kier molecular flexibility index (Phi) is 4.09. The number of hydrogen-bond donors (Lipinski definition) is 1. The minimum absolute atomic E-state index is 0.00338. The van der Waals surface area contributed by atoms with E-state index in [1.807, 2.05) is 0 Å². The van der Waals surface area contributed by atoms with Crippen molar-refractivity contribution in [1.29, 1.82) is 0 Å². The molecule has 0 aliphatic rings. The van der Waals surface area contributed by atoms with Crippen molar-refractivity contribution < 1.29 is 9.53 Å². The average molecular weight is 253 g/mol. The summed E-state index contributed by atoms with van der Waals surface area (Å²) in [6.07, 6.45) is 2.34. The van der Waals surface area contributed by atoms with Gasteiger partial charge in [0.1, 0.15) is 5.82 Å². The molecule has 0 aliphatic carbocycles. The van der Waals surface area contributed by atoms with Gasteiger partial charge in [0.25, 0.3) is 5.56 Å². The van der Waals surface area contributed by atoms with Crippen LogP contribution in [0.25, 0.3) is 6.08 Å². The molecule has 1 heterocycles. The Morgan fingerprint density at radius 2 is 1.94 bits per heavy atom. The number of carbonyl (C=O) groups is 1. The summed E-state index contributed by atoms with van der Waals surface area (Å²) in [5, 5.41) is 0. The molecule has 18 heavy (non-hydrogen) atoms. The largest absolute Gasteiger partial charge is 0.463 e. The SMILES string of the molecule is CCOC(=O)/C=C/c1c(N)n(C)c(=O)n(C)c1=O. The summed E-state index contributed by atoms with van der Waals surface area (Å²) in [7, 11) is 2.78. The number of hydrogen-bond acceptors (Lipinski definition) is 5. The number of esters is 1. The summed E-state index contributed by atoms with van der Waals surface area (Å²) in [6, 6.07) is 0. The van der Waals surface area contributed by atoms with Crippen LogP contribution in [0, 0.1) is 0 Å². The Hall–Kier alpha value is -2.31. The van der Waals surface area contributed by atoms with Crippen LogP contribution in [-0.4, -0.2) is 21.7 Å². The van der Waals surface area contributed by atoms with E-state index in [9.17, 15) is 14.4 Å². The highest BCUT2D eigenvalue weighted by Gasteiger charge is 2.10. The highest BCUT2D eigenvalue weighted by molar-refractivity contribution is 5.87. The van der Waals surface area contributed by atoms with E-state index < -0.39 is 17.2 Å². The molecule has 1 rings (SSSR count). The molecule has 0 bridgehead atoms. The van der Waals surface area contributed by atoms with E-state index in [-0.39, 0.29) is 18.0 Å². The second-order valence-electron chi connectivity index (χ2n) is 3.59. The number of aromatic nitrogens is 2. The maximum Gasteiger partial charge on any atom is 0.332 e. The number of ether oxygens (including phenoxy) is 1. The summed E-state index contributed by atoms with van der Waals surface area (Å²) in [5.74, 6) is -0.573. The second kappa shape index (κ2) is 5.35.